The highest BCUT2D eigenvalue weighted by Gasteiger charge is 2.42. The molecular weight excluding hydrogens is 296 g/mol. The maximum absolute atomic E-state index is 12.6. The summed E-state index contributed by atoms with van der Waals surface area (Å²) in [5.41, 5.74) is 0.696. The first-order chi connectivity index (χ1) is 11.0. The lowest BCUT2D eigenvalue weighted by Gasteiger charge is -2.39. The highest BCUT2D eigenvalue weighted by atomic mass is 16.3. The van der Waals surface area contributed by atoms with Gasteiger partial charge >= 0.3 is 0 Å². The van der Waals surface area contributed by atoms with Crippen molar-refractivity contribution in [3.8, 4) is 0 Å². The summed E-state index contributed by atoms with van der Waals surface area (Å²) in [6, 6.07) is 7.44. The van der Waals surface area contributed by atoms with Crippen LogP contribution in [-0.4, -0.2) is 64.1 Å². The molecule has 1 fully saturated rings. The molecule has 0 radical (unpaired) electrons. The largest absolute Gasteiger partial charge is 0.395 e. The van der Waals surface area contributed by atoms with Gasteiger partial charge in [0.2, 0.25) is 0 Å². The molecular formula is C17H26N2O4. The number of hydrogen-bond donors (Lipinski definition) is 4. The number of aliphatic hydroxyl groups excluding tert-OH is 2. The van der Waals surface area contributed by atoms with Crippen molar-refractivity contribution in [2.45, 2.75) is 38.0 Å². The lowest BCUT2D eigenvalue weighted by atomic mass is 9.91. The van der Waals surface area contributed by atoms with E-state index in [2.05, 4.69) is 5.32 Å². The predicted molar refractivity (Wildman–Crippen MR) is 86.7 cm³/mol. The van der Waals surface area contributed by atoms with Gasteiger partial charge in [0.1, 0.15) is 0 Å². The summed E-state index contributed by atoms with van der Waals surface area (Å²) in [4.78, 5) is 14.3. The number of carbonyl (C=O) groups excluding carboxylic acids is 1. The van der Waals surface area contributed by atoms with Gasteiger partial charge in [0.05, 0.1) is 19.3 Å². The molecule has 0 saturated carbocycles. The van der Waals surface area contributed by atoms with E-state index in [1.807, 2.05) is 31.2 Å². The zero-order chi connectivity index (χ0) is 16.9. The number of likely N-dealkylation sites (tertiary alicyclic amines) is 1. The van der Waals surface area contributed by atoms with E-state index in [4.69, 9.17) is 10.2 Å². The minimum absolute atomic E-state index is 0.0297. The van der Waals surface area contributed by atoms with Crippen LogP contribution in [0.4, 0.5) is 0 Å². The number of aliphatic hydroxyl groups is 3. The Kier molecular flexibility index (Phi) is 6.12. The molecule has 1 heterocycles. The lowest BCUT2D eigenvalue weighted by Crippen LogP contribution is -2.59. The zero-order valence-electron chi connectivity index (χ0n) is 13.5. The molecule has 0 aliphatic carbocycles. The van der Waals surface area contributed by atoms with E-state index < -0.39 is 11.6 Å². The first-order valence-corrected chi connectivity index (χ1v) is 8.01. The van der Waals surface area contributed by atoms with Gasteiger partial charge in [0.25, 0.3) is 5.91 Å². The van der Waals surface area contributed by atoms with Crippen LogP contribution in [0, 0.1) is 6.92 Å². The predicted octanol–water partition coefficient (Wildman–Crippen LogP) is -0.209. The van der Waals surface area contributed by atoms with E-state index in [-0.39, 0.29) is 25.7 Å². The van der Waals surface area contributed by atoms with Crippen LogP contribution in [0.2, 0.25) is 0 Å². The van der Waals surface area contributed by atoms with Crippen LogP contribution in [-0.2, 0) is 11.3 Å². The molecule has 6 nitrogen and oxygen atoms in total. The normalized spacial score (nSPS) is 22.0. The smallest absolute Gasteiger partial charge is 0.256 e. The van der Waals surface area contributed by atoms with Crippen LogP contribution >= 0.6 is 0 Å². The number of piperidine rings is 1. The minimum atomic E-state index is -1.48. The van der Waals surface area contributed by atoms with Crippen LogP contribution in [0.1, 0.15) is 24.0 Å². The van der Waals surface area contributed by atoms with Gasteiger partial charge in [-0.3, -0.25) is 4.79 Å². The number of nitrogens with one attached hydrogen (secondary N) is 1. The van der Waals surface area contributed by atoms with Gasteiger partial charge < -0.3 is 25.5 Å². The summed E-state index contributed by atoms with van der Waals surface area (Å²) >= 11 is 0. The van der Waals surface area contributed by atoms with Gasteiger partial charge in [-0.2, -0.15) is 0 Å². The van der Waals surface area contributed by atoms with Crippen molar-refractivity contribution in [1.82, 2.24) is 10.2 Å². The van der Waals surface area contributed by atoms with Crippen molar-refractivity contribution in [2.75, 3.05) is 26.3 Å². The van der Waals surface area contributed by atoms with E-state index >= 15 is 0 Å². The number of amides is 1. The Morgan fingerprint density at radius 2 is 2.09 bits per heavy atom. The molecule has 0 bridgehead atoms. The highest BCUT2D eigenvalue weighted by Crippen LogP contribution is 2.24. The topological polar surface area (TPSA) is 93.0 Å². The first kappa shape index (κ1) is 17.9. The number of rotatable bonds is 7. The molecule has 1 atom stereocenters. The fraction of sp³-hybridized carbons (Fsp3) is 0.588. The van der Waals surface area contributed by atoms with Gasteiger partial charge in [0.15, 0.2) is 5.60 Å². The number of aryl methyl sites for hydroxylation is 1. The van der Waals surface area contributed by atoms with E-state index in [9.17, 15) is 9.90 Å². The van der Waals surface area contributed by atoms with Crippen LogP contribution in [0.25, 0.3) is 0 Å². The Labute approximate surface area is 136 Å². The molecule has 128 valence electrons. The number of nitrogens with zero attached hydrogens (tertiary/aromatic N) is 1. The summed E-state index contributed by atoms with van der Waals surface area (Å²) in [7, 11) is 0. The Morgan fingerprint density at radius 3 is 2.74 bits per heavy atom. The Morgan fingerprint density at radius 1 is 1.35 bits per heavy atom. The summed E-state index contributed by atoms with van der Waals surface area (Å²) in [5, 5.41) is 31.7. The molecule has 1 aliphatic rings. The van der Waals surface area contributed by atoms with Crippen molar-refractivity contribution < 1.29 is 20.1 Å². The van der Waals surface area contributed by atoms with Crippen LogP contribution in [0.3, 0.4) is 0 Å². The molecule has 1 aliphatic heterocycles. The zero-order valence-corrected chi connectivity index (χ0v) is 13.5. The van der Waals surface area contributed by atoms with E-state index in [0.717, 1.165) is 17.5 Å². The quantitative estimate of drug-likeness (QED) is 0.557. The molecule has 0 unspecified atom stereocenters. The van der Waals surface area contributed by atoms with Gasteiger partial charge in [-0.05, 0) is 25.3 Å². The maximum atomic E-state index is 12.6. The van der Waals surface area contributed by atoms with Crippen molar-refractivity contribution in [3.05, 3.63) is 35.4 Å². The molecule has 0 spiro atoms. The summed E-state index contributed by atoms with van der Waals surface area (Å²) < 4.78 is 0. The van der Waals surface area contributed by atoms with E-state index in [1.54, 1.807) is 4.90 Å². The van der Waals surface area contributed by atoms with Crippen molar-refractivity contribution >= 4 is 5.91 Å². The Hall–Kier alpha value is -1.47. The molecule has 1 aromatic rings. The number of benzene rings is 1. The molecule has 1 aromatic carbocycles. The third kappa shape index (κ3) is 4.51. The first-order valence-electron chi connectivity index (χ1n) is 8.01. The summed E-state index contributed by atoms with van der Waals surface area (Å²) in [6.45, 7) is 2.65. The summed E-state index contributed by atoms with van der Waals surface area (Å²) in [6.07, 6.45) is 1.10. The van der Waals surface area contributed by atoms with Gasteiger partial charge in [-0.1, -0.05) is 29.8 Å². The van der Waals surface area contributed by atoms with Crippen molar-refractivity contribution in [1.29, 1.82) is 0 Å². The van der Waals surface area contributed by atoms with E-state index in [1.165, 1.54) is 0 Å². The Balaban J connectivity index is 2.02. The SMILES string of the molecule is Cc1cccc(CN2CCC[C@](O)(CNC(CO)CO)C2=O)c1. The van der Waals surface area contributed by atoms with Gasteiger partial charge in [-0.25, -0.2) is 0 Å². The maximum Gasteiger partial charge on any atom is 0.256 e. The van der Waals surface area contributed by atoms with Crippen LogP contribution < -0.4 is 5.32 Å². The van der Waals surface area contributed by atoms with Crippen LogP contribution in [0.15, 0.2) is 24.3 Å². The fourth-order valence-corrected chi connectivity index (χ4v) is 2.91. The van der Waals surface area contributed by atoms with Crippen molar-refractivity contribution in [3.63, 3.8) is 0 Å². The van der Waals surface area contributed by atoms with Gasteiger partial charge in [0, 0.05) is 19.6 Å². The fourth-order valence-electron chi connectivity index (χ4n) is 2.91. The van der Waals surface area contributed by atoms with Gasteiger partial charge in [-0.15, -0.1) is 0 Å². The average Bonchev–Trinajstić information content (AvgIpc) is 2.53. The third-order valence-electron chi connectivity index (χ3n) is 4.28. The second kappa shape index (κ2) is 7.88. The Bertz CT molecular complexity index is 533. The second-order valence-electron chi connectivity index (χ2n) is 6.29. The molecule has 23 heavy (non-hydrogen) atoms. The molecule has 6 heteroatoms. The second-order valence-corrected chi connectivity index (χ2v) is 6.29. The summed E-state index contributed by atoms with van der Waals surface area (Å²) in [5.74, 6) is -0.299. The molecule has 4 N–H and O–H groups in total. The number of carbonyl (C=O) groups is 1. The highest BCUT2D eigenvalue weighted by molar-refractivity contribution is 5.86. The monoisotopic (exact) mass is 322 g/mol. The molecule has 2 rings (SSSR count). The minimum Gasteiger partial charge on any atom is -0.395 e. The standard InChI is InChI=1S/C17H26N2O4/c1-13-4-2-5-14(8-13)9-19-7-3-6-17(23,16(19)22)12-18-15(10-20)11-21/h2,4-5,8,15,18,20-21,23H,3,6-7,9-12H2,1H3/t17-/m0/s1. The van der Waals surface area contributed by atoms with Crippen molar-refractivity contribution in [2.24, 2.45) is 0 Å². The van der Waals surface area contributed by atoms with Crippen LogP contribution in [0.5, 0.6) is 0 Å². The molecule has 0 aromatic heterocycles. The average molecular weight is 322 g/mol. The third-order valence-corrected chi connectivity index (χ3v) is 4.28. The number of hydrogen-bond acceptors (Lipinski definition) is 5. The molecule has 1 saturated heterocycles. The lowest BCUT2D eigenvalue weighted by molar-refractivity contribution is -0.157. The van der Waals surface area contributed by atoms with E-state index in [0.29, 0.717) is 19.5 Å². The molecule has 1 amide bonds.